The van der Waals surface area contributed by atoms with Crippen LogP contribution in [0.5, 0.6) is 0 Å². The van der Waals surface area contributed by atoms with Gasteiger partial charge in [0.05, 0.1) is 0 Å². The van der Waals surface area contributed by atoms with Crippen molar-refractivity contribution in [3.8, 4) is 0 Å². The molecule has 0 heterocycles. The summed E-state index contributed by atoms with van der Waals surface area (Å²) in [4.78, 5) is 0. The summed E-state index contributed by atoms with van der Waals surface area (Å²) >= 11 is 0. The second-order valence-electron chi connectivity index (χ2n) is 1.48. The Bertz CT molecular complexity index is 167. The van der Waals surface area contributed by atoms with Gasteiger partial charge in [-0.2, -0.15) is 12.1 Å². The van der Waals surface area contributed by atoms with E-state index in [0.717, 1.165) is 5.56 Å². The topological polar surface area (TPSA) is 0 Å². The maximum Gasteiger partial charge on any atom is 3.00 e. The van der Waals surface area contributed by atoms with Crippen LogP contribution in [0.2, 0.25) is 0 Å². The van der Waals surface area contributed by atoms with E-state index in [4.69, 9.17) is 6.58 Å². The van der Waals surface area contributed by atoms with E-state index in [1.54, 1.807) is 0 Å². The average Bonchev–Trinajstić information content (AvgIpc) is 1.90. The standard InChI is InChI=1S/C8H6.CH3.Y/c1-2-8-6-4-3-5-7-8;;/h1-6H;1H3;/q-2;-1;+3. The second kappa shape index (κ2) is 7.17. The zero-order chi connectivity index (χ0) is 5.82. The van der Waals surface area contributed by atoms with Gasteiger partial charge in [0, 0.05) is 0 Å². The SMILES string of the molecule is [CH-]=Cc1[c-]cccc1.[CH3-].[Y+3]. The summed E-state index contributed by atoms with van der Waals surface area (Å²) in [5.74, 6) is 0. The first-order valence-electron chi connectivity index (χ1n) is 2.45. The molecule has 0 atom stereocenters. The molecule has 0 saturated heterocycles. The molecule has 48 valence electrons. The maximum atomic E-state index is 5.19. The van der Waals surface area contributed by atoms with Gasteiger partial charge in [-0.3, -0.25) is 0 Å². The summed E-state index contributed by atoms with van der Waals surface area (Å²) in [6.07, 6.45) is 1.53. The van der Waals surface area contributed by atoms with Crippen LogP contribution in [0.3, 0.4) is 0 Å². The Morgan fingerprint density at radius 1 is 1.40 bits per heavy atom. The molecule has 0 bridgehead atoms. The minimum atomic E-state index is 0. The van der Waals surface area contributed by atoms with Crippen LogP contribution in [0.15, 0.2) is 24.3 Å². The Morgan fingerprint density at radius 2 is 2.10 bits per heavy atom. The normalized spacial score (nSPS) is 6.80. The first kappa shape index (κ1) is 12.7. The molecule has 0 amide bonds. The molecule has 0 N–H and O–H groups in total. The van der Waals surface area contributed by atoms with Gasteiger partial charge in [-0.15, -0.1) is 6.07 Å². The molecule has 0 aliphatic carbocycles. The fourth-order valence-electron chi connectivity index (χ4n) is 0.511. The smallest absolute Gasteiger partial charge is 0.358 e. The first-order chi connectivity index (χ1) is 3.93. The second-order valence-corrected chi connectivity index (χ2v) is 1.48. The maximum absolute atomic E-state index is 5.19. The zero-order valence-electron chi connectivity index (χ0n) is 6.04. The molecule has 1 rings (SSSR count). The third-order valence-electron chi connectivity index (χ3n) is 0.913. The molecule has 0 saturated carbocycles. The van der Waals surface area contributed by atoms with Crippen molar-refractivity contribution in [1.82, 2.24) is 0 Å². The summed E-state index contributed by atoms with van der Waals surface area (Å²) in [6.45, 7) is 5.19. The van der Waals surface area contributed by atoms with Crippen molar-refractivity contribution in [3.63, 3.8) is 0 Å². The van der Waals surface area contributed by atoms with Gasteiger partial charge < -0.3 is 25.6 Å². The van der Waals surface area contributed by atoms with Gasteiger partial charge in [-0.25, -0.2) is 12.1 Å². The van der Waals surface area contributed by atoms with Crippen molar-refractivity contribution in [2.45, 2.75) is 0 Å². The number of rotatable bonds is 1. The van der Waals surface area contributed by atoms with E-state index in [-0.39, 0.29) is 40.1 Å². The predicted octanol–water partition coefficient (Wildman–Crippen LogP) is 2.38. The van der Waals surface area contributed by atoms with Crippen LogP contribution in [-0.4, -0.2) is 0 Å². The molecule has 0 spiro atoms. The Hall–Kier alpha value is 0.0639. The van der Waals surface area contributed by atoms with Crippen LogP contribution in [0.4, 0.5) is 0 Å². The molecule has 0 unspecified atom stereocenters. The first-order valence-corrected chi connectivity index (χ1v) is 2.45. The molecule has 1 aromatic carbocycles. The van der Waals surface area contributed by atoms with Gasteiger partial charge in [0.25, 0.3) is 0 Å². The minimum absolute atomic E-state index is 0. The molecular formula is C9H9Y. The summed E-state index contributed by atoms with van der Waals surface area (Å²) in [5, 5.41) is 0. The summed E-state index contributed by atoms with van der Waals surface area (Å²) in [6, 6.07) is 10.5. The van der Waals surface area contributed by atoms with Gasteiger partial charge in [0.1, 0.15) is 0 Å². The van der Waals surface area contributed by atoms with Crippen LogP contribution < -0.4 is 0 Å². The third-order valence-corrected chi connectivity index (χ3v) is 0.913. The molecule has 0 fully saturated rings. The van der Waals surface area contributed by atoms with E-state index in [1.165, 1.54) is 6.08 Å². The van der Waals surface area contributed by atoms with Gasteiger partial charge in [-0.05, 0) is 0 Å². The quantitative estimate of drug-likeness (QED) is 0.619. The monoisotopic (exact) mass is 206 g/mol. The molecule has 1 aromatic rings. The third kappa shape index (κ3) is 3.97. The van der Waals surface area contributed by atoms with Crippen LogP contribution >= 0.6 is 0 Å². The molecule has 1 heteroatoms. The van der Waals surface area contributed by atoms with Crippen molar-refractivity contribution >= 4 is 6.08 Å². The summed E-state index contributed by atoms with van der Waals surface area (Å²) in [7, 11) is 0. The van der Waals surface area contributed by atoms with E-state index in [9.17, 15) is 0 Å². The Morgan fingerprint density at radius 3 is 2.40 bits per heavy atom. The number of hydrogen-bond donors (Lipinski definition) is 0. The fourth-order valence-corrected chi connectivity index (χ4v) is 0.511. The molecule has 0 aromatic heterocycles. The molecule has 0 aliphatic rings. The molecule has 0 radical (unpaired) electrons. The Balaban J connectivity index is 0. The van der Waals surface area contributed by atoms with Gasteiger partial charge in [0.15, 0.2) is 0 Å². The van der Waals surface area contributed by atoms with Crippen molar-refractivity contribution in [2.24, 2.45) is 0 Å². The minimum Gasteiger partial charge on any atom is -0.358 e. The van der Waals surface area contributed by atoms with Crippen molar-refractivity contribution < 1.29 is 32.7 Å². The summed E-state index contributed by atoms with van der Waals surface area (Å²) < 4.78 is 0. The van der Waals surface area contributed by atoms with E-state index in [2.05, 4.69) is 6.07 Å². The molecule has 0 nitrogen and oxygen atoms in total. The predicted molar refractivity (Wildman–Crippen MR) is 40.5 cm³/mol. The van der Waals surface area contributed by atoms with Crippen molar-refractivity contribution in [2.75, 3.05) is 0 Å². The Labute approximate surface area is 88.2 Å². The average molecular weight is 206 g/mol. The number of hydrogen-bond acceptors (Lipinski definition) is 0. The van der Waals surface area contributed by atoms with E-state index >= 15 is 0 Å². The molecule has 10 heavy (non-hydrogen) atoms. The zero-order valence-corrected chi connectivity index (χ0v) is 8.88. The summed E-state index contributed by atoms with van der Waals surface area (Å²) in [5.41, 5.74) is 0.938. The Kier molecular flexibility index (Phi) is 9.12. The molecular weight excluding hydrogens is 197 g/mol. The van der Waals surface area contributed by atoms with E-state index in [1.807, 2.05) is 24.3 Å². The van der Waals surface area contributed by atoms with Gasteiger partial charge >= 0.3 is 32.7 Å². The largest absolute Gasteiger partial charge is 3.00 e. The number of benzene rings is 1. The molecule has 0 aliphatic heterocycles. The van der Waals surface area contributed by atoms with E-state index < -0.39 is 0 Å². The van der Waals surface area contributed by atoms with Crippen LogP contribution in [0.25, 0.3) is 6.08 Å². The van der Waals surface area contributed by atoms with Crippen LogP contribution in [-0.2, 0) is 32.7 Å². The van der Waals surface area contributed by atoms with E-state index in [0.29, 0.717) is 0 Å². The fraction of sp³-hybridized carbons (Fsp3) is 0. The van der Waals surface area contributed by atoms with Crippen molar-refractivity contribution in [1.29, 1.82) is 0 Å². The van der Waals surface area contributed by atoms with Gasteiger partial charge in [-0.1, -0.05) is 0 Å². The van der Waals surface area contributed by atoms with Gasteiger partial charge in [0.2, 0.25) is 0 Å². The van der Waals surface area contributed by atoms with Crippen molar-refractivity contribution in [3.05, 3.63) is 49.9 Å². The van der Waals surface area contributed by atoms with Crippen LogP contribution in [0, 0.1) is 20.1 Å². The van der Waals surface area contributed by atoms with Crippen LogP contribution in [0.1, 0.15) is 5.56 Å².